The lowest BCUT2D eigenvalue weighted by Gasteiger charge is -2.09. The molecule has 1 N–H and O–H groups in total. The topological polar surface area (TPSA) is 47.0 Å². The first-order valence-electron chi connectivity index (χ1n) is 6.20. The third kappa shape index (κ3) is 4.34. The van der Waals surface area contributed by atoms with Crippen molar-refractivity contribution >= 4 is 28.4 Å². The molecule has 19 heavy (non-hydrogen) atoms. The van der Waals surface area contributed by atoms with Gasteiger partial charge in [0.15, 0.2) is 0 Å². The molecule has 0 aliphatic rings. The second-order valence-corrected chi connectivity index (χ2v) is 5.37. The first-order valence-corrected chi connectivity index (χ1v) is 7.28. The molecule has 0 radical (unpaired) electrons. The molecule has 0 spiro atoms. The third-order valence-corrected chi connectivity index (χ3v) is 3.06. The van der Waals surface area contributed by atoms with Crippen LogP contribution in [0.2, 0.25) is 0 Å². The Hall–Kier alpha value is -1.37. The van der Waals surface area contributed by atoms with E-state index in [4.69, 9.17) is 4.74 Å². The number of nitrogens with zero attached hydrogens (tertiary/aromatic N) is 2. The summed E-state index contributed by atoms with van der Waals surface area (Å²) in [4.78, 5) is 8.62. The first-order chi connectivity index (χ1) is 9.17. The standard InChI is InChI=1S/C14H16IN3O/c1-3-7-16-13-9-14(18-10(2)17-13)19-12-6-4-5-11(15)8-12/h4-6,8-9H,3,7H2,1-2H3,(H,16,17,18). The van der Waals surface area contributed by atoms with Gasteiger partial charge in [0.05, 0.1) is 0 Å². The van der Waals surface area contributed by atoms with Crippen molar-refractivity contribution in [3.63, 3.8) is 0 Å². The van der Waals surface area contributed by atoms with E-state index in [0.29, 0.717) is 11.7 Å². The monoisotopic (exact) mass is 369 g/mol. The fourth-order valence-corrected chi connectivity index (χ4v) is 2.10. The van der Waals surface area contributed by atoms with Crippen LogP contribution in [0.15, 0.2) is 30.3 Å². The van der Waals surface area contributed by atoms with Gasteiger partial charge in [-0.2, -0.15) is 4.98 Å². The van der Waals surface area contributed by atoms with Crippen LogP contribution in [0.5, 0.6) is 11.6 Å². The molecular formula is C14H16IN3O. The lowest BCUT2D eigenvalue weighted by molar-refractivity contribution is 0.460. The predicted molar refractivity (Wildman–Crippen MR) is 84.8 cm³/mol. The van der Waals surface area contributed by atoms with E-state index in [1.54, 1.807) is 0 Å². The van der Waals surface area contributed by atoms with E-state index in [2.05, 4.69) is 44.8 Å². The smallest absolute Gasteiger partial charge is 0.224 e. The van der Waals surface area contributed by atoms with Gasteiger partial charge in [0.1, 0.15) is 17.4 Å². The van der Waals surface area contributed by atoms with Gasteiger partial charge >= 0.3 is 0 Å². The second kappa shape index (κ2) is 6.70. The number of benzene rings is 1. The maximum absolute atomic E-state index is 5.76. The van der Waals surface area contributed by atoms with E-state index in [9.17, 15) is 0 Å². The Kier molecular flexibility index (Phi) is 4.95. The van der Waals surface area contributed by atoms with Gasteiger partial charge in [-0.1, -0.05) is 13.0 Å². The summed E-state index contributed by atoms with van der Waals surface area (Å²) >= 11 is 2.25. The Morgan fingerprint density at radius 2 is 2.11 bits per heavy atom. The quantitative estimate of drug-likeness (QED) is 0.810. The molecule has 1 aromatic carbocycles. The maximum atomic E-state index is 5.76. The Morgan fingerprint density at radius 3 is 2.84 bits per heavy atom. The Balaban J connectivity index is 2.17. The number of anilines is 1. The van der Waals surface area contributed by atoms with Crippen LogP contribution >= 0.6 is 22.6 Å². The summed E-state index contributed by atoms with van der Waals surface area (Å²) in [5.74, 6) is 2.84. The molecule has 0 unspecified atom stereocenters. The minimum absolute atomic E-state index is 0.563. The highest BCUT2D eigenvalue weighted by Gasteiger charge is 2.04. The molecule has 0 aliphatic heterocycles. The summed E-state index contributed by atoms with van der Waals surface area (Å²) in [6, 6.07) is 9.69. The van der Waals surface area contributed by atoms with Crippen LogP contribution in [0.1, 0.15) is 19.2 Å². The molecule has 0 bridgehead atoms. The molecule has 0 fully saturated rings. The predicted octanol–water partition coefficient (Wildman–Crippen LogP) is 4.00. The van der Waals surface area contributed by atoms with Crippen LogP contribution in [0.4, 0.5) is 5.82 Å². The SMILES string of the molecule is CCCNc1cc(Oc2cccc(I)c2)nc(C)n1. The van der Waals surface area contributed by atoms with Crippen molar-refractivity contribution in [2.45, 2.75) is 20.3 Å². The van der Waals surface area contributed by atoms with Crippen LogP contribution in [0.3, 0.4) is 0 Å². The number of ether oxygens (including phenoxy) is 1. The Labute approximate surface area is 126 Å². The zero-order valence-electron chi connectivity index (χ0n) is 11.0. The zero-order chi connectivity index (χ0) is 13.7. The van der Waals surface area contributed by atoms with Gasteiger partial charge in [-0.3, -0.25) is 0 Å². The van der Waals surface area contributed by atoms with Crippen molar-refractivity contribution in [2.75, 3.05) is 11.9 Å². The molecule has 2 rings (SSSR count). The highest BCUT2D eigenvalue weighted by atomic mass is 127. The summed E-state index contributed by atoms with van der Waals surface area (Å²) in [7, 11) is 0. The van der Waals surface area contributed by atoms with Gasteiger partial charge in [0, 0.05) is 16.2 Å². The Morgan fingerprint density at radius 1 is 1.26 bits per heavy atom. The number of aryl methyl sites for hydroxylation is 1. The highest BCUT2D eigenvalue weighted by Crippen LogP contribution is 2.23. The normalized spacial score (nSPS) is 10.3. The van der Waals surface area contributed by atoms with Gasteiger partial charge in [-0.15, -0.1) is 0 Å². The zero-order valence-corrected chi connectivity index (χ0v) is 13.1. The van der Waals surface area contributed by atoms with Gasteiger partial charge in [-0.25, -0.2) is 4.98 Å². The van der Waals surface area contributed by atoms with Gasteiger partial charge in [0.2, 0.25) is 5.88 Å². The second-order valence-electron chi connectivity index (χ2n) is 4.12. The van der Waals surface area contributed by atoms with E-state index in [1.165, 1.54) is 0 Å². The van der Waals surface area contributed by atoms with E-state index in [-0.39, 0.29) is 0 Å². The van der Waals surface area contributed by atoms with Gasteiger partial charge < -0.3 is 10.1 Å². The number of aromatic nitrogens is 2. The fourth-order valence-electron chi connectivity index (χ4n) is 1.59. The molecule has 0 saturated carbocycles. The lowest BCUT2D eigenvalue weighted by atomic mass is 10.3. The van der Waals surface area contributed by atoms with Crippen molar-refractivity contribution in [2.24, 2.45) is 0 Å². The van der Waals surface area contributed by atoms with Gasteiger partial charge in [0.25, 0.3) is 0 Å². The minimum Gasteiger partial charge on any atom is -0.439 e. The van der Waals surface area contributed by atoms with E-state index < -0.39 is 0 Å². The molecular weight excluding hydrogens is 353 g/mol. The maximum Gasteiger partial charge on any atom is 0.224 e. The summed E-state index contributed by atoms with van der Waals surface area (Å²) in [5, 5.41) is 3.24. The largest absolute Gasteiger partial charge is 0.439 e. The summed E-state index contributed by atoms with van der Waals surface area (Å²) in [6.07, 6.45) is 1.05. The van der Waals surface area contributed by atoms with Gasteiger partial charge in [-0.05, 0) is 54.1 Å². The minimum atomic E-state index is 0.563. The van der Waals surface area contributed by atoms with E-state index in [1.807, 2.05) is 37.3 Å². The number of hydrogen-bond acceptors (Lipinski definition) is 4. The molecule has 0 aliphatic carbocycles. The van der Waals surface area contributed by atoms with Crippen LogP contribution < -0.4 is 10.1 Å². The van der Waals surface area contributed by atoms with Crippen molar-refractivity contribution in [3.05, 3.63) is 39.7 Å². The third-order valence-electron chi connectivity index (χ3n) is 2.39. The molecule has 1 aromatic heterocycles. The van der Waals surface area contributed by atoms with Crippen LogP contribution in [0.25, 0.3) is 0 Å². The number of halogens is 1. The number of hydrogen-bond donors (Lipinski definition) is 1. The lowest BCUT2D eigenvalue weighted by Crippen LogP contribution is -2.04. The molecule has 0 amide bonds. The van der Waals surface area contributed by atoms with Crippen molar-refractivity contribution in [3.8, 4) is 11.6 Å². The highest BCUT2D eigenvalue weighted by molar-refractivity contribution is 14.1. The molecule has 5 heteroatoms. The van der Waals surface area contributed by atoms with Crippen LogP contribution in [0, 0.1) is 10.5 Å². The summed E-state index contributed by atoms with van der Waals surface area (Å²) in [5.41, 5.74) is 0. The fraction of sp³-hybridized carbons (Fsp3) is 0.286. The average molecular weight is 369 g/mol. The molecule has 2 aromatic rings. The van der Waals surface area contributed by atoms with Crippen LogP contribution in [-0.4, -0.2) is 16.5 Å². The summed E-state index contributed by atoms with van der Waals surface area (Å²) in [6.45, 7) is 4.86. The van der Waals surface area contributed by atoms with Crippen molar-refractivity contribution < 1.29 is 4.74 Å². The molecule has 4 nitrogen and oxygen atoms in total. The van der Waals surface area contributed by atoms with Crippen molar-refractivity contribution in [1.29, 1.82) is 0 Å². The van der Waals surface area contributed by atoms with Crippen LogP contribution in [-0.2, 0) is 0 Å². The molecule has 1 heterocycles. The molecule has 0 saturated heterocycles. The van der Waals surface area contributed by atoms with E-state index >= 15 is 0 Å². The molecule has 0 atom stereocenters. The summed E-state index contributed by atoms with van der Waals surface area (Å²) < 4.78 is 6.89. The Bertz CT molecular complexity index is 560. The number of rotatable bonds is 5. The average Bonchev–Trinajstić information content (AvgIpc) is 2.35. The molecule has 100 valence electrons. The first kappa shape index (κ1) is 14.0. The number of nitrogens with one attached hydrogen (secondary N) is 1. The van der Waals surface area contributed by atoms with Crippen molar-refractivity contribution in [1.82, 2.24) is 9.97 Å². The van der Waals surface area contributed by atoms with E-state index in [0.717, 1.165) is 28.1 Å².